The predicted molar refractivity (Wildman–Crippen MR) is 78.6 cm³/mol. The molecule has 96 valence electrons. The zero-order valence-electron chi connectivity index (χ0n) is 10.6. The lowest BCUT2D eigenvalue weighted by Gasteiger charge is -2.05. The maximum absolute atomic E-state index is 6.36. The minimum atomic E-state index is -0.136. The third-order valence-electron chi connectivity index (χ3n) is 3.82. The molecule has 2 N–H and O–H groups in total. The topological polar surface area (TPSA) is 39.2 Å². The van der Waals surface area contributed by atoms with Gasteiger partial charge in [0.05, 0.1) is 6.04 Å². The Morgan fingerprint density at radius 3 is 2.89 bits per heavy atom. The Labute approximate surface area is 115 Å². The van der Waals surface area contributed by atoms with Crippen LogP contribution >= 0.6 is 11.3 Å². The van der Waals surface area contributed by atoms with Gasteiger partial charge in [-0.1, -0.05) is 18.2 Å². The van der Waals surface area contributed by atoms with Gasteiger partial charge in [-0.2, -0.15) is 0 Å². The molecule has 1 unspecified atom stereocenters. The number of furan rings is 1. The summed E-state index contributed by atoms with van der Waals surface area (Å²) in [4.78, 5) is 2.74. The number of fused-ring (bicyclic) bond motifs is 2. The van der Waals surface area contributed by atoms with Gasteiger partial charge in [0.25, 0.3) is 0 Å². The Bertz CT molecular complexity index is 686. The van der Waals surface area contributed by atoms with Crippen LogP contribution in [0, 0.1) is 0 Å². The van der Waals surface area contributed by atoms with Crippen molar-refractivity contribution < 1.29 is 4.42 Å². The number of aryl methyl sites for hydroxylation is 2. The molecule has 0 saturated heterocycles. The van der Waals surface area contributed by atoms with E-state index in [-0.39, 0.29) is 6.04 Å². The lowest BCUT2D eigenvalue weighted by Crippen LogP contribution is -2.08. The molecule has 0 aliphatic heterocycles. The van der Waals surface area contributed by atoms with Crippen molar-refractivity contribution >= 4 is 22.3 Å². The molecule has 4 rings (SSSR count). The lowest BCUT2D eigenvalue weighted by molar-refractivity contribution is 0.527. The van der Waals surface area contributed by atoms with Gasteiger partial charge in [0.1, 0.15) is 11.3 Å². The summed E-state index contributed by atoms with van der Waals surface area (Å²) in [5.74, 6) is 0.862. The Morgan fingerprint density at radius 2 is 2.05 bits per heavy atom. The van der Waals surface area contributed by atoms with Gasteiger partial charge in [-0.05, 0) is 43.0 Å². The normalized spacial score (nSPS) is 15.8. The van der Waals surface area contributed by atoms with E-state index in [0.29, 0.717) is 0 Å². The second-order valence-electron chi connectivity index (χ2n) is 5.12. The highest BCUT2D eigenvalue weighted by molar-refractivity contribution is 7.12. The summed E-state index contributed by atoms with van der Waals surface area (Å²) in [7, 11) is 0. The van der Waals surface area contributed by atoms with E-state index in [9.17, 15) is 0 Å². The molecule has 2 heterocycles. The van der Waals surface area contributed by atoms with Gasteiger partial charge >= 0.3 is 0 Å². The first-order valence-corrected chi connectivity index (χ1v) is 7.48. The van der Waals surface area contributed by atoms with E-state index in [2.05, 4.69) is 18.2 Å². The fraction of sp³-hybridized carbons (Fsp3) is 0.250. The Kier molecular flexibility index (Phi) is 2.50. The average molecular weight is 269 g/mol. The Balaban J connectivity index is 1.73. The molecule has 19 heavy (non-hydrogen) atoms. The van der Waals surface area contributed by atoms with Crippen LogP contribution in [-0.2, 0) is 12.8 Å². The van der Waals surface area contributed by atoms with E-state index in [1.807, 2.05) is 29.5 Å². The maximum atomic E-state index is 6.36. The summed E-state index contributed by atoms with van der Waals surface area (Å²) in [6.45, 7) is 0. The molecule has 1 aromatic carbocycles. The summed E-state index contributed by atoms with van der Waals surface area (Å²) in [6.07, 6.45) is 3.72. The highest BCUT2D eigenvalue weighted by Crippen LogP contribution is 2.36. The van der Waals surface area contributed by atoms with E-state index >= 15 is 0 Å². The van der Waals surface area contributed by atoms with Crippen LogP contribution in [0.1, 0.15) is 33.5 Å². The number of hydrogen-bond acceptors (Lipinski definition) is 3. The molecule has 0 saturated carbocycles. The van der Waals surface area contributed by atoms with Crippen LogP contribution in [0.4, 0.5) is 0 Å². The number of rotatable bonds is 2. The highest BCUT2D eigenvalue weighted by Gasteiger charge is 2.21. The van der Waals surface area contributed by atoms with Crippen LogP contribution < -0.4 is 5.73 Å². The van der Waals surface area contributed by atoms with E-state index in [0.717, 1.165) is 16.7 Å². The van der Waals surface area contributed by atoms with Crippen molar-refractivity contribution in [1.29, 1.82) is 0 Å². The van der Waals surface area contributed by atoms with Crippen LogP contribution in [-0.4, -0.2) is 0 Å². The molecule has 0 radical (unpaired) electrons. The van der Waals surface area contributed by atoms with Gasteiger partial charge in [0, 0.05) is 15.1 Å². The molecular formula is C16H15NOS. The molecule has 3 aromatic rings. The molecule has 2 nitrogen and oxygen atoms in total. The number of thiophene rings is 1. The summed E-state index contributed by atoms with van der Waals surface area (Å²) in [5.41, 5.74) is 8.76. The van der Waals surface area contributed by atoms with E-state index in [1.54, 1.807) is 0 Å². The molecule has 0 fully saturated rings. The van der Waals surface area contributed by atoms with Gasteiger partial charge in [-0.15, -0.1) is 11.3 Å². The van der Waals surface area contributed by atoms with E-state index < -0.39 is 0 Å². The molecule has 0 spiro atoms. The Hall–Kier alpha value is -1.58. The van der Waals surface area contributed by atoms with Gasteiger partial charge in [-0.25, -0.2) is 0 Å². The standard InChI is InChI=1S/C16H15NOS/c17-16(15-9-11-5-3-7-14(11)19-15)13-8-10-4-1-2-6-12(10)18-13/h1-2,4,6,8-9,16H,3,5,7,17H2. The minimum absolute atomic E-state index is 0.136. The van der Waals surface area contributed by atoms with Crippen molar-refractivity contribution in [3.8, 4) is 0 Å². The minimum Gasteiger partial charge on any atom is -0.459 e. The molecule has 1 aliphatic carbocycles. The van der Waals surface area contributed by atoms with Crippen LogP contribution in [0.3, 0.4) is 0 Å². The third-order valence-corrected chi connectivity index (χ3v) is 5.14. The molecule has 1 atom stereocenters. The van der Waals surface area contributed by atoms with Gasteiger partial charge in [-0.3, -0.25) is 0 Å². The molecule has 0 amide bonds. The van der Waals surface area contributed by atoms with Crippen molar-refractivity contribution in [2.45, 2.75) is 25.3 Å². The Morgan fingerprint density at radius 1 is 1.16 bits per heavy atom. The highest BCUT2D eigenvalue weighted by atomic mass is 32.1. The average Bonchev–Trinajstić information content (AvgIpc) is 3.10. The largest absolute Gasteiger partial charge is 0.459 e. The van der Waals surface area contributed by atoms with Crippen LogP contribution in [0.15, 0.2) is 40.8 Å². The molecule has 1 aliphatic rings. The van der Waals surface area contributed by atoms with E-state index in [4.69, 9.17) is 10.2 Å². The van der Waals surface area contributed by atoms with Crippen molar-refractivity contribution in [2.75, 3.05) is 0 Å². The number of hydrogen-bond donors (Lipinski definition) is 1. The quantitative estimate of drug-likeness (QED) is 0.763. The summed E-state index contributed by atoms with van der Waals surface area (Å²) in [6, 6.07) is 12.2. The first-order chi connectivity index (χ1) is 9.31. The first kappa shape index (κ1) is 11.3. The summed E-state index contributed by atoms with van der Waals surface area (Å²) in [5, 5.41) is 1.12. The second-order valence-corrected chi connectivity index (χ2v) is 6.28. The predicted octanol–water partition coefficient (Wildman–Crippen LogP) is 4.03. The maximum Gasteiger partial charge on any atom is 0.134 e. The SMILES string of the molecule is NC(c1cc2ccccc2o1)c1cc2c(s1)CCC2. The van der Waals surface area contributed by atoms with Gasteiger partial charge < -0.3 is 10.2 Å². The first-order valence-electron chi connectivity index (χ1n) is 6.67. The van der Waals surface area contributed by atoms with Crippen molar-refractivity contribution in [3.05, 3.63) is 57.5 Å². The van der Waals surface area contributed by atoms with Crippen LogP contribution in [0.5, 0.6) is 0 Å². The molecule has 0 bridgehead atoms. The van der Waals surface area contributed by atoms with Crippen molar-refractivity contribution in [3.63, 3.8) is 0 Å². The van der Waals surface area contributed by atoms with Gasteiger partial charge in [0.2, 0.25) is 0 Å². The third kappa shape index (κ3) is 1.81. The molecule has 3 heteroatoms. The molecule has 2 aromatic heterocycles. The van der Waals surface area contributed by atoms with Gasteiger partial charge in [0.15, 0.2) is 0 Å². The zero-order chi connectivity index (χ0) is 12.8. The van der Waals surface area contributed by atoms with E-state index in [1.165, 1.54) is 34.6 Å². The van der Waals surface area contributed by atoms with Crippen molar-refractivity contribution in [1.82, 2.24) is 0 Å². The fourth-order valence-electron chi connectivity index (χ4n) is 2.80. The number of benzene rings is 1. The summed E-state index contributed by atoms with van der Waals surface area (Å²) >= 11 is 1.85. The zero-order valence-corrected chi connectivity index (χ0v) is 11.4. The summed E-state index contributed by atoms with van der Waals surface area (Å²) < 4.78 is 5.87. The number of para-hydroxylation sites is 1. The van der Waals surface area contributed by atoms with Crippen LogP contribution in [0.25, 0.3) is 11.0 Å². The van der Waals surface area contributed by atoms with Crippen molar-refractivity contribution in [2.24, 2.45) is 5.73 Å². The molecular weight excluding hydrogens is 254 g/mol. The monoisotopic (exact) mass is 269 g/mol. The second kappa shape index (κ2) is 4.22. The fourth-order valence-corrected chi connectivity index (χ4v) is 4.07. The number of nitrogens with two attached hydrogens (primary N) is 1. The lowest BCUT2D eigenvalue weighted by atomic mass is 10.1. The van der Waals surface area contributed by atoms with Crippen LogP contribution in [0.2, 0.25) is 0 Å². The smallest absolute Gasteiger partial charge is 0.134 e.